The number of aromatic hydroxyl groups is 1. The molecular weight excluding hydrogens is 300 g/mol. The number of nitrogens with two attached hydrogens (primary N) is 1. The van der Waals surface area contributed by atoms with Gasteiger partial charge in [-0.1, -0.05) is 37.5 Å². The Morgan fingerprint density at radius 2 is 1.71 bits per heavy atom. The van der Waals surface area contributed by atoms with Crippen LogP contribution in [0, 0.1) is 0 Å². The zero-order valence-corrected chi connectivity index (χ0v) is 13.7. The van der Waals surface area contributed by atoms with Crippen LogP contribution in [-0.2, 0) is 6.54 Å². The topological polar surface area (TPSA) is 77.0 Å². The summed E-state index contributed by atoms with van der Waals surface area (Å²) in [5, 5.41) is 19.6. The van der Waals surface area contributed by atoms with Gasteiger partial charge in [0.1, 0.15) is 22.5 Å². The number of rotatable bonds is 3. The number of phenolic OH excluding ortho intramolecular Hbond substituents is 1. The highest BCUT2D eigenvalue weighted by molar-refractivity contribution is 5.73. The average molecular weight is 322 g/mol. The Hall–Kier alpha value is -2.40. The zero-order valence-electron chi connectivity index (χ0n) is 13.7. The van der Waals surface area contributed by atoms with Crippen LogP contribution in [0.3, 0.4) is 0 Å². The number of nitrogens with zero attached hydrogens (tertiary/aromatic N) is 3. The molecule has 1 aliphatic rings. The van der Waals surface area contributed by atoms with E-state index in [1.54, 1.807) is 0 Å². The van der Waals surface area contributed by atoms with Gasteiger partial charge in [0.25, 0.3) is 0 Å². The van der Waals surface area contributed by atoms with Crippen LogP contribution in [0.2, 0.25) is 0 Å². The monoisotopic (exact) mass is 322 g/mol. The molecule has 2 aromatic carbocycles. The quantitative estimate of drug-likeness (QED) is 0.772. The molecule has 1 aliphatic carbocycles. The first-order chi connectivity index (χ1) is 11.8. The van der Waals surface area contributed by atoms with Crippen LogP contribution in [0.5, 0.6) is 5.75 Å². The predicted octanol–water partition coefficient (Wildman–Crippen LogP) is 3.63. The average Bonchev–Trinajstić information content (AvgIpc) is 3.06. The van der Waals surface area contributed by atoms with E-state index in [1.807, 2.05) is 30.3 Å². The molecule has 0 radical (unpaired) electrons. The van der Waals surface area contributed by atoms with Crippen molar-refractivity contribution in [2.45, 2.75) is 44.6 Å². The number of hydrogen-bond donors (Lipinski definition) is 2. The van der Waals surface area contributed by atoms with Crippen LogP contribution in [0.1, 0.15) is 49.1 Å². The molecule has 0 aliphatic heterocycles. The van der Waals surface area contributed by atoms with Crippen molar-refractivity contribution in [1.29, 1.82) is 0 Å². The van der Waals surface area contributed by atoms with Crippen LogP contribution in [-0.4, -0.2) is 20.1 Å². The Labute approximate surface area is 141 Å². The maximum atomic E-state index is 10.6. The molecule has 1 saturated carbocycles. The Bertz CT molecular complexity index is 832. The zero-order chi connectivity index (χ0) is 16.5. The minimum atomic E-state index is 0.178. The molecule has 0 spiro atoms. The molecule has 1 heterocycles. The second-order valence-electron chi connectivity index (χ2n) is 6.56. The summed E-state index contributed by atoms with van der Waals surface area (Å²) in [4.78, 5) is 1.53. The third-order valence-corrected chi connectivity index (χ3v) is 4.99. The lowest BCUT2D eigenvalue weighted by atomic mass is 9.83. The first-order valence-electron chi connectivity index (χ1n) is 8.64. The summed E-state index contributed by atoms with van der Waals surface area (Å²) in [7, 11) is 0. The maximum Gasteiger partial charge on any atom is 0.147 e. The van der Waals surface area contributed by atoms with Gasteiger partial charge < -0.3 is 10.8 Å². The Morgan fingerprint density at radius 1 is 1.04 bits per heavy atom. The lowest BCUT2D eigenvalue weighted by molar-refractivity contribution is 0.438. The molecular formula is C19H22N4O. The van der Waals surface area contributed by atoms with Gasteiger partial charge in [0.15, 0.2) is 0 Å². The van der Waals surface area contributed by atoms with Crippen LogP contribution < -0.4 is 5.73 Å². The molecule has 0 bridgehead atoms. The summed E-state index contributed by atoms with van der Waals surface area (Å²) < 4.78 is 0. The molecule has 0 amide bonds. The largest absolute Gasteiger partial charge is 0.505 e. The van der Waals surface area contributed by atoms with Crippen molar-refractivity contribution in [3.63, 3.8) is 0 Å². The number of hydrogen-bond acceptors (Lipinski definition) is 4. The molecule has 24 heavy (non-hydrogen) atoms. The highest BCUT2D eigenvalue weighted by Gasteiger charge is 2.20. The van der Waals surface area contributed by atoms with E-state index in [0.717, 1.165) is 16.6 Å². The van der Waals surface area contributed by atoms with Gasteiger partial charge in [0.2, 0.25) is 0 Å². The van der Waals surface area contributed by atoms with E-state index in [2.05, 4.69) is 16.3 Å². The van der Waals surface area contributed by atoms with Gasteiger partial charge in [-0.3, -0.25) is 0 Å². The van der Waals surface area contributed by atoms with E-state index in [-0.39, 0.29) is 5.75 Å². The molecule has 3 N–H and O–H groups in total. The first-order valence-corrected chi connectivity index (χ1v) is 8.64. The molecule has 4 rings (SSSR count). The van der Waals surface area contributed by atoms with Crippen molar-refractivity contribution in [1.82, 2.24) is 15.0 Å². The molecule has 5 heteroatoms. The van der Waals surface area contributed by atoms with Gasteiger partial charge in [0, 0.05) is 12.1 Å². The van der Waals surface area contributed by atoms with Crippen LogP contribution >= 0.6 is 0 Å². The SMILES string of the molecule is NCc1cc(C2CCCCC2)cc(-n2nc3ccccc3n2)c1O. The summed E-state index contributed by atoms with van der Waals surface area (Å²) in [6.45, 7) is 0.306. The Balaban J connectivity index is 1.83. The summed E-state index contributed by atoms with van der Waals surface area (Å²) in [5.41, 5.74) is 10.1. The fourth-order valence-electron chi connectivity index (χ4n) is 3.65. The highest BCUT2D eigenvalue weighted by atomic mass is 16.3. The third-order valence-electron chi connectivity index (χ3n) is 4.99. The fraction of sp³-hybridized carbons (Fsp3) is 0.368. The Kier molecular flexibility index (Phi) is 3.94. The molecule has 0 unspecified atom stereocenters. The first kappa shape index (κ1) is 15.1. The van der Waals surface area contributed by atoms with E-state index in [4.69, 9.17) is 5.73 Å². The van der Waals surface area contributed by atoms with E-state index in [9.17, 15) is 5.11 Å². The van der Waals surface area contributed by atoms with Gasteiger partial charge in [-0.25, -0.2) is 0 Å². The van der Waals surface area contributed by atoms with E-state index in [1.165, 1.54) is 42.5 Å². The number of phenols is 1. The summed E-state index contributed by atoms with van der Waals surface area (Å²) in [5.74, 6) is 0.714. The van der Waals surface area contributed by atoms with E-state index >= 15 is 0 Å². The molecule has 5 nitrogen and oxygen atoms in total. The molecule has 0 saturated heterocycles. The van der Waals surface area contributed by atoms with Crippen molar-refractivity contribution in [3.8, 4) is 11.4 Å². The standard InChI is InChI=1S/C19H22N4O/c20-12-15-10-14(13-6-2-1-3-7-13)11-18(19(15)24)23-21-16-8-4-5-9-17(16)22-23/h4-5,8-11,13,24H,1-3,6-7,12,20H2. The minimum Gasteiger partial charge on any atom is -0.505 e. The van der Waals surface area contributed by atoms with Crippen molar-refractivity contribution in [3.05, 3.63) is 47.5 Å². The third kappa shape index (κ3) is 2.65. The van der Waals surface area contributed by atoms with Crippen LogP contribution in [0.25, 0.3) is 16.7 Å². The van der Waals surface area contributed by atoms with Crippen molar-refractivity contribution in [2.24, 2.45) is 5.73 Å². The lowest BCUT2D eigenvalue weighted by Crippen LogP contribution is -2.09. The summed E-state index contributed by atoms with van der Waals surface area (Å²) in [6, 6.07) is 11.8. The molecule has 1 fully saturated rings. The normalized spacial score (nSPS) is 15.9. The van der Waals surface area contributed by atoms with Crippen molar-refractivity contribution < 1.29 is 5.11 Å². The van der Waals surface area contributed by atoms with Gasteiger partial charge in [-0.05, 0) is 42.5 Å². The van der Waals surface area contributed by atoms with E-state index < -0.39 is 0 Å². The predicted molar refractivity (Wildman–Crippen MR) is 94.2 cm³/mol. The van der Waals surface area contributed by atoms with Gasteiger partial charge in [0.05, 0.1) is 0 Å². The number of aromatic nitrogens is 3. The summed E-state index contributed by atoms with van der Waals surface area (Å²) >= 11 is 0. The Morgan fingerprint density at radius 3 is 2.33 bits per heavy atom. The number of fused-ring (bicyclic) bond motifs is 1. The van der Waals surface area contributed by atoms with Gasteiger partial charge in [-0.15, -0.1) is 15.0 Å². The maximum absolute atomic E-state index is 10.6. The van der Waals surface area contributed by atoms with Crippen LogP contribution in [0.4, 0.5) is 0 Å². The van der Waals surface area contributed by atoms with Crippen LogP contribution in [0.15, 0.2) is 36.4 Å². The van der Waals surface area contributed by atoms with Crippen molar-refractivity contribution >= 4 is 11.0 Å². The van der Waals surface area contributed by atoms with E-state index in [0.29, 0.717) is 18.2 Å². The fourth-order valence-corrected chi connectivity index (χ4v) is 3.65. The minimum absolute atomic E-state index is 0.178. The van der Waals surface area contributed by atoms with Crippen molar-refractivity contribution in [2.75, 3.05) is 0 Å². The van der Waals surface area contributed by atoms with Gasteiger partial charge in [-0.2, -0.15) is 0 Å². The second kappa shape index (κ2) is 6.24. The second-order valence-corrected chi connectivity index (χ2v) is 6.56. The van der Waals surface area contributed by atoms with Gasteiger partial charge >= 0.3 is 0 Å². The smallest absolute Gasteiger partial charge is 0.147 e. The molecule has 1 aromatic heterocycles. The number of benzene rings is 2. The lowest BCUT2D eigenvalue weighted by Gasteiger charge is -2.23. The summed E-state index contributed by atoms with van der Waals surface area (Å²) in [6.07, 6.45) is 6.24. The molecule has 3 aromatic rings. The molecule has 124 valence electrons. The highest BCUT2D eigenvalue weighted by Crippen LogP contribution is 2.37. The molecule has 0 atom stereocenters.